The molecule has 0 saturated heterocycles. The molecule has 0 amide bonds. The Morgan fingerprint density at radius 1 is 0.720 bits per heavy atom. The minimum atomic E-state index is 0.835. The molecule has 0 radical (unpaired) electrons. The first-order valence-electron chi connectivity index (χ1n) is 8.05. The van der Waals surface area contributed by atoms with Gasteiger partial charge in [0.2, 0.25) is 0 Å². The largest absolute Gasteiger partial charge is 0.483 e. The molecule has 2 N–H and O–H groups in total. The van der Waals surface area contributed by atoms with E-state index in [4.69, 9.17) is 12.8 Å². The van der Waals surface area contributed by atoms with Gasteiger partial charge in [-0.25, -0.2) is 9.98 Å². The molecule has 25 heavy (non-hydrogen) atoms. The predicted octanol–water partition coefficient (Wildman–Crippen LogP) is 0.507. The number of nitrogens with one attached hydrogen (secondary N) is 2. The van der Waals surface area contributed by atoms with Gasteiger partial charge in [0.25, 0.3) is 0 Å². The van der Waals surface area contributed by atoms with Crippen molar-refractivity contribution in [1.82, 2.24) is 4.98 Å². The van der Waals surface area contributed by atoms with Crippen molar-refractivity contribution in [1.29, 1.82) is 0 Å². The van der Waals surface area contributed by atoms with E-state index in [9.17, 15) is 0 Å². The number of hydrogen-bond acceptors (Lipinski definition) is 3. The zero-order chi connectivity index (χ0) is 16.8. The zero-order valence-corrected chi connectivity index (χ0v) is 14.0. The predicted molar refractivity (Wildman–Crippen MR) is 103 cm³/mol. The molecule has 0 unspecified atom stereocenters. The Hall–Kier alpha value is -2.89. The summed E-state index contributed by atoms with van der Waals surface area (Å²) in [6.07, 6.45) is 20.2. The first-order valence-corrected chi connectivity index (χ1v) is 8.46. The fourth-order valence-electron chi connectivity index (χ4n) is 3.07. The molecule has 5 rings (SSSR count). The fraction of sp³-hybridized carbons (Fsp3) is 0. The van der Waals surface area contributed by atoms with Gasteiger partial charge in [-0.05, 0) is 48.6 Å². The molecule has 0 saturated carbocycles. The van der Waals surface area contributed by atoms with Gasteiger partial charge in [-0.15, -0.1) is 0 Å². The second-order valence-electron chi connectivity index (χ2n) is 6.11. The van der Waals surface area contributed by atoms with Gasteiger partial charge < -0.3 is 22.1 Å². The van der Waals surface area contributed by atoms with Gasteiger partial charge in [0.1, 0.15) is 11.4 Å². The Morgan fingerprint density at radius 3 is 1.76 bits per heavy atom. The lowest BCUT2D eigenvalue weighted by atomic mass is 10.3. The van der Waals surface area contributed by atoms with Crippen molar-refractivity contribution in [3.05, 3.63) is 94.2 Å². The molecule has 0 aromatic carbocycles. The van der Waals surface area contributed by atoms with E-state index in [1.54, 1.807) is 0 Å². The first-order chi connectivity index (χ1) is 12.2. The second kappa shape index (κ2) is 5.58. The minimum absolute atomic E-state index is 0.835. The number of aliphatic imine (C=N–C) groups is 2. The summed E-state index contributed by atoms with van der Waals surface area (Å²) in [6, 6.07) is 4.09. The fourth-order valence-corrected chi connectivity index (χ4v) is 3.32. The summed E-state index contributed by atoms with van der Waals surface area (Å²) < 4.78 is 0.835. The van der Waals surface area contributed by atoms with Gasteiger partial charge in [-0.2, -0.15) is 0 Å². The lowest BCUT2D eigenvalue weighted by molar-refractivity contribution is -0.648. The van der Waals surface area contributed by atoms with Crippen LogP contribution in [0.5, 0.6) is 0 Å². The van der Waals surface area contributed by atoms with Crippen LogP contribution in [0.25, 0.3) is 12.2 Å². The quantitative estimate of drug-likeness (QED) is 0.663. The molecule has 5 heterocycles. The number of allylic oxidation sites excluding steroid dienone is 8. The molecule has 120 valence electrons. The Kier molecular flexibility index (Phi) is 3.23. The van der Waals surface area contributed by atoms with E-state index in [1.165, 1.54) is 0 Å². The molecule has 0 spiro atoms. The zero-order valence-electron chi connectivity index (χ0n) is 13.2. The van der Waals surface area contributed by atoms with Crippen LogP contribution < -0.4 is 15.0 Å². The van der Waals surface area contributed by atoms with Crippen LogP contribution in [-0.4, -0.2) is 16.4 Å². The lowest BCUT2D eigenvalue weighted by Gasteiger charge is -2.20. The Labute approximate surface area is 150 Å². The molecular formula is C20H14N4S. The molecule has 1 aromatic heterocycles. The van der Waals surface area contributed by atoms with E-state index >= 15 is 0 Å². The number of fused-ring (bicyclic) bond motifs is 6. The van der Waals surface area contributed by atoms with E-state index in [1.807, 2.05) is 72.9 Å². The monoisotopic (exact) mass is 342 g/mol. The summed E-state index contributed by atoms with van der Waals surface area (Å²) in [4.78, 5) is 12.7. The van der Waals surface area contributed by atoms with E-state index in [0.29, 0.717) is 0 Å². The Bertz CT molecular complexity index is 1060. The van der Waals surface area contributed by atoms with Crippen molar-refractivity contribution in [3.8, 4) is 0 Å². The van der Waals surface area contributed by atoms with Crippen LogP contribution >= 0.6 is 0 Å². The van der Waals surface area contributed by atoms with Crippen LogP contribution in [0.4, 0.5) is 0 Å². The normalized spacial score (nSPS) is 23.2. The summed E-state index contributed by atoms with van der Waals surface area (Å²) in [6.45, 7) is 0. The highest BCUT2D eigenvalue weighted by atomic mass is 32.1. The summed E-state index contributed by atoms with van der Waals surface area (Å²) >= 11 is 5.61. The van der Waals surface area contributed by atoms with Crippen LogP contribution in [0.1, 0.15) is 0 Å². The second-order valence-corrected chi connectivity index (χ2v) is 6.52. The van der Waals surface area contributed by atoms with Crippen LogP contribution in [0.15, 0.2) is 93.5 Å². The maximum absolute atomic E-state index is 5.61. The highest BCUT2D eigenvalue weighted by Crippen LogP contribution is 2.15. The molecular weight excluding hydrogens is 328 g/mol. The molecule has 4 aliphatic rings. The van der Waals surface area contributed by atoms with Crippen LogP contribution in [0.3, 0.4) is 0 Å². The van der Waals surface area contributed by atoms with E-state index in [2.05, 4.69) is 15.0 Å². The molecule has 0 aliphatic carbocycles. The van der Waals surface area contributed by atoms with Crippen LogP contribution in [0.2, 0.25) is 0 Å². The van der Waals surface area contributed by atoms with Crippen molar-refractivity contribution >= 4 is 36.4 Å². The van der Waals surface area contributed by atoms with Crippen LogP contribution in [0, 0.1) is 0 Å². The minimum Gasteiger partial charge on any atom is -0.483 e. The number of rotatable bonds is 0. The number of nitrogens with zero attached hydrogens (tertiary/aromatic N) is 2. The third-order valence-electron chi connectivity index (χ3n) is 4.28. The average Bonchev–Trinajstić information content (AvgIpc) is 3.36. The van der Waals surface area contributed by atoms with Crippen molar-refractivity contribution in [3.63, 3.8) is 0 Å². The van der Waals surface area contributed by atoms with E-state index in [-0.39, 0.29) is 0 Å². The summed E-state index contributed by atoms with van der Waals surface area (Å²) in [5.41, 5.74) is 5.69. The molecule has 4 aliphatic heterocycles. The SMILES string of the molecule is [S-][NH+]1C2=CC=C1C=C1C=CC(=N1)C=c1ccc([nH]1)=CC1=NC(=C2)C=C1. The molecule has 1 aromatic rings. The topological polar surface area (TPSA) is 45.0 Å². The number of quaternary nitrogens is 1. The van der Waals surface area contributed by atoms with Gasteiger partial charge >= 0.3 is 0 Å². The molecule has 0 atom stereocenters. The third kappa shape index (κ3) is 2.73. The van der Waals surface area contributed by atoms with E-state index in [0.717, 1.165) is 49.2 Å². The van der Waals surface area contributed by atoms with Gasteiger partial charge in [0, 0.05) is 35.0 Å². The van der Waals surface area contributed by atoms with E-state index < -0.39 is 0 Å². The van der Waals surface area contributed by atoms with Crippen molar-refractivity contribution < 1.29 is 4.31 Å². The number of aromatic nitrogens is 1. The maximum Gasteiger partial charge on any atom is 0.120 e. The summed E-state index contributed by atoms with van der Waals surface area (Å²) in [5, 5.41) is 2.03. The third-order valence-corrected chi connectivity index (χ3v) is 4.75. The molecule has 0 fully saturated rings. The Morgan fingerprint density at radius 2 is 1.24 bits per heavy atom. The molecule has 4 nitrogen and oxygen atoms in total. The van der Waals surface area contributed by atoms with Crippen molar-refractivity contribution in [2.75, 3.05) is 0 Å². The van der Waals surface area contributed by atoms with Gasteiger partial charge in [-0.3, -0.25) is 0 Å². The highest BCUT2D eigenvalue weighted by Gasteiger charge is 2.16. The van der Waals surface area contributed by atoms with Crippen LogP contribution in [-0.2, 0) is 12.8 Å². The number of H-pyrrole nitrogens is 1. The number of aromatic amines is 1. The summed E-state index contributed by atoms with van der Waals surface area (Å²) in [5.74, 6) is 0. The van der Waals surface area contributed by atoms with Gasteiger partial charge in [0.15, 0.2) is 0 Å². The maximum atomic E-state index is 5.61. The van der Waals surface area contributed by atoms with Gasteiger partial charge in [0.05, 0.1) is 22.8 Å². The summed E-state index contributed by atoms with van der Waals surface area (Å²) in [7, 11) is 0. The first kappa shape index (κ1) is 14.5. The lowest BCUT2D eigenvalue weighted by Crippen LogP contribution is -3.02. The number of hydrogen-bond donors (Lipinski definition) is 2. The smallest absolute Gasteiger partial charge is 0.120 e. The van der Waals surface area contributed by atoms with Gasteiger partial charge in [-0.1, -0.05) is 0 Å². The average molecular weight is 342 g/mol. The van der Waals surface area contributed by atoms with Crippen molar-refractivity contribution in [2.24, 2.45) is 9.98 Å². The van der Waals surface area contributed by atoms with Crippen molar-refractivity contribution in [2.45, 2.75) is 0 Å². The molecule has 5 heteroatoms. The molecule has 8 bridgehead atoms. The highest BCUT2D eigenvalue weighted by molar-refractivity contribution is 7.51. The standard InChI is InChI=1S/C20H14N4S/c25-24-19-7-8-20(24)12-18-6-4-16(23-18)10-14-2-1-13(21-14)9-15-3-5-17(11-19)22-15/h1-12,21,24H. The Balaban J connectivity index is 1.68.